The van der Waals surface area contributed by atoms with Gasteiger partial charge in [-0.3, -0.25) is 18.4 Å². The van der Waals surface area contributed by atoms with Crippen molar-refractivity contribution in [2.24, 2.45) is 11.8 Å². The molecule has 4 atom stereocenters. The summed E-state index contributed by atoms with van der Waals surface area (Å²) in [5.41, 5.74) is 3.04. The molecule has 2 saturated heterocycles. The summed E-state index contributed by atoms with van der Waals surface area (Å²) >= 11 is 3.13. The maximum atomic E-state index is 13.6. The van der Waals surface area contributed by atoms with Crippen molar-refractivity contribution in [1.29, 1.82) is 0 Å². The molecule has 4 amide bonds. The van der Waals surface area contributed by atoms with Gasteiger partial charge in [-0.2, -0.15) is 0 Å². The summed E-state index contributed by atoms with van der Waals surface area (Å²) in [5, 5.41) is 5.39. The lowest BCUT2D eigenvalue weighted by atomic mass is 10.0. The number of aromatic nitrogens is 8. The first-order valence-corrected chi connectivity index (χ1v) is 20.9. The number of alkyl carbamates (subject to hydrolysis) is 2. The lowest BCUT2D eigenvalue weighted by Crippen LogP contribution is -2.51. The Bertz CT molecular complexity index is 2240. The standard InChI is InChI=1S/C38H46N12O6S2/c1-19(2)29(45-37(53)55-5)33(51)49-11-7-9-25(49)21-13-39-31(41-21)23-15-47-17-27(57-35(47)43-23)28-18-48-16-24(44-36(48)58-28)32-40-14-22(42-32)26-10-8-12-50(26)34(52)30(20(3)4)46-38(54)56-6/h13-20,25-26,29-30H,7-12H2,1-6H3,(H,39,41)(H,40,42)(H,45,53)(H,46,54)/t25-,26?,29-,30-/m0/s1. The number of hydrogen-bond acceptors (Lipinski definition) is 12. The second-order valence-electron chi connectivity index (χ2n) is 15.3. The van der Waals surface area contributed by atoms with Gasteiger partial charge in [0.25, 0.3) is 0 Å². The summed E-state index contributed by atoms with van der Waals surface area (Å²) in [6, 6.07) is -1.76. The summed E-state index contributed by atoms with van der Waals surface area (Å²) in [5.74, 6) is 0.723. The van der Waals surface area contributed by atoms with Crippen LogP contribution in [0.3, 0.4) is 0 Å². The third-order valence-electron chi connectivity index (χ3n) is 10.8. The number of carbonyl (C=O) groups excluding carboxylic acids is 4. The zero-order chi connectivity index (χ0) is 40.8. The molecule has 0 saturated carbocycles. The molecule has 0 spiro atoms. The molecule has 4 N–H and O–H groups in total. The highest BCUT2D eigenvalue weighted by atomic mass is 32.1. The molecule has 58 heavy (non-hydrogen) atoms. The third kappa shape index (κ3) is 7.41. The Balaban J connectivity index is 0.943. The minimum Gasteiger partial charge on any atom is -0.453 e. The minimum atomic E-state index is -0.694. The monoisotopic (exact) mass is 830 g/mol. The van der Waals surface area contributed by atoms with Crippen LogP contribution in [0.25, 0.3) is 42.7 Å². The maximum absolute atomic E-state index is 13.6. The lowest BCUT2D eigenvalue weighted by molar-refractivity contribution is -0.136. The fourth-order valence-electron chi connectivity index (χ4n) is 7.78. The molecule has 8 rings (SSSR count). The number of H-pyrrole nitrogens is 2. The van der Waals surface area contributed by atoms with Gasteiger partial charge in [-0.15, -0.1) is 0 Å². The van der Waals surface area contributed by atoms with Gasteiger partial charge in [-0.25, -0.2) is 29.5 Å². The number of ether oxygens (including phenoxy) is 2. The van der Waals surface area contributed by atoms with Crippen LogP contribution in [0.5, 0.6) is 0 Å². The first-order valence-electron chi connectivity index (χ1n) is 19.3. The number of carbonyl (C=O) groups is 4. The molecular weight excluding hydrogens is 785 g/mol. The number of nitrogens with one attached hydrogen (secondary N) is 4. The molecule has 0 aromatic carbocycles. The predicted octanol–water partition coefficient (Wildman–Crippen LogP) is 5.64. The van der Waals surface area contributed by atoms with E-state index in [2.05, 4.69) is 30.6 Å². The van der Waals surface area contributed by atoms with Gasteiger partial charge in [0.1, 0.15) is 23.5 Å². The Kier molecular flexibility index (Phi) is 10.7. The molecular formula is C38H46N12O6S2. The number of amides is 4. The summed E-state index contributed by atoms with van der Waals surface area (Å²) in [6.07, 6.45) is 13.5. The van der Waals surface area contributed by atoms with Crippen LogP contribution in [0.4, 0.5) is 9.59 Å². The van der Waals surface area contributed by atoms with Gasteiger partial charge in [0.05, 0.1) is 59.8 Å². The molecule has 306 valence electrons. The van der Waals surface area contributed by atoms with Gasteiger partial charge in [0.2, 0.25) is 11.8 Å². The van der Waals surface area contributed by atoms with E-state index in [1.54, 1.807) is 35.1 Å². The third-order valence-corrected chi connectivity index (χ3v) is 13.0. The highest BCUT2D eigenvalue weighted by molar-refractivity contribution is 7.26. The number of aromatic amines is 2. The van der Waals surface area contributed by atoms with Crippen LogP contribution >= 0.6 is 22.7 Å². The van der Waals surface area contributed by atoms with Gasteiger partial charge < -0.3 is 39.9 Å². The molecule has 6 aromatic heterocycles. The fraction of sp³-hybridized carbons (Fsp3) is 0.474. The Morgan fingerprint density at radius 3 is 1.47 bits per heavy atom. The number of nitrogens with zero attached hydrogens (tertiary/aromatic N) is 8. The van der Waals surface area contributed by atoms with Crippen LogP contribution in [0.1, 0.15) is 76.8 Å². The van der Waals surface area contributed by atoms with E-state index in [1.165, 1.54) is 14.2 Å². The number of thiazole rings is 2. The molecule has 20 heteroatoms. The SMILES string of the molecule is COC(=O)N[C@H](C(=O)N1CCCC1c1cnc(-c2cn3cc(-c4cn5cc(-c6ncc([C@@H]7CCCN7C(=O)[C@@H](NC(=O)OC)C(C)C)[nH]6)nc5s4)sc3n2)[nH]1)C(C)C. The van der Waals surface area contributed by atoms with Crippen molar-refractivity contribution in [3.63, 3.8) is 0 Å². The molecule has 2 fully saturated rings. The van der Waals surface area contributed by atoms with Crippen molar-refractivity contribution < 1.29 is 28.7 Å². The average molecular weight is 831 g/mol. The van der Waals surface area contributed by atoms with Gasteiger partial charge in [-0.05, 0) is 37.5 Å². The zero-order valence-corrected chi connectivity index (χ0v) is 34.6. The van der Waals surface area contributed by atoms with Crippen molar-refractivity contribution in [1.82, 2.24) is 59.1 Å². The van der Waals surface area contributed by atoms with Crippen LogP contribution < -0.4 is 10.6 Å². The average Bonchev–Trinajstić information content (AvgIpc) is 4.02. The van der Waals surface area contributed by atoms with Crippen LogP contribution in [-0.4, -0.2) is 112 Å². The molecule has 2 aliphatic rings. The fourth-order valence-corrected chi connectivity index (χ4v) is 9.77. The Morgan fingerprint density at radius 2 is 1.10 bits per heavy atom. The number of rotatable bonds is 11. The minimum absolute atomic E-state index is 0.112. The Labute approximate surface area is 341 Å². The first-order chi connectivity index (χ1) is 27.9. The van der Waals surface area contributed by atoms with E-state index in [4.69, 9.17) is 19.4 Å². The maximum Gasteiger partial charge on any atom is 0.407 e. The van der Waals surface area contributed by atoms with Crippen LogP contribution in [0.15, 0.2) is 37.2 Å². The van der Waals surface area contributed by atoms with E-state index >= 15 is 0 Å². The first kappa shape index (κ1) is 39.1. The Hall–Kier alpha value is -5.76. The van der Waals surface area contributed by atoms with E-state index in [9.17, 15) is 19.2 Å². The predicted molar refractivity (Wildman–Crippen MR) is 216 cm³/mol. The molecule has 1 unspecified atom stereocenters. The second-order valence-corrected chi connectivity index (χ2v) is 17.3. The van der Waals surface area contributed by atoms with Gasteiger partial charge in [0, 0.05) is 37.9 Å². The van der Waals surface area contributed by atoms with Crippen molar-refractivity contribution in [2.75, 3.05) is 27.3 Å². The number of likely N-dealkylation sites (tertiary alicyclic amines) is 2. The normalized spacial score (nSPS) is 18.1. The van der Waals surface area contributed by atoms with E-state index in [1.807, 2.05) is 71.1 Å². The van der Waals surface area contributed by atoms with Crippen LogP contribution in [0.2, 0.25) is 0 Å². The molecule has 6 aromatic rings. The van der Waals surface area contributed by atoms with E-state index < -0.39 is 24.3 Å². The second kappa shape index (κ2) is 15.9. The topological polar surface area (TPSA) is 209 Å². The van der Waals surface area contributed by atoms with Gasteiger partial charge >= 0.3 is 12.2 Å². The molecule has 2 aliphatic heterocycles. The summed E-state index contributed by atoms with van der Waals surface area (Å²) in [7, 11) is 2.57. The van der Waals surface area contributed by atoms with E-state index in [0.717, 1.165) is 56.7 Å². The van der Waals surface area contributed by atoms with Crippen LogP contribution in [-0.2, 0) is 19.1 Å². The number of imidazole rings is 4. The number of fused-ring (bicyclic) bond motifs is 2. The van der Waals surface area contributed by atoms with E-state index in [0.29, 0.717) is 36.1 Å². The van der Waals surface area contributed by atoms with Crippen LogP contribution in [0, 0.1) is 11.8 Å². The number of hydrogen-bond donors (Lipinski definition) is 4. The largest absolute Gasteiger partial charge is 0.453 e. The highest BCUT2D eigenvalue weighted by Gasteiger charge is 2.38. The van der Waals surface area contributed by atoms with Crippen molar-refractivity contribution in [2.45, 2.75) is 77.5 Å². The molecule has 8 heterocycles. The molecule has 0 radical (unpaired) electrons. The summed E-state index contributed by atoms with van der Waals surface area (Å²) in [6.45, 7) is 8.77. The van der Waals surface area contributed by atoms with Gasteiger partial charge in [0.15, 0.2) is 21.6 Å². The van der Waals surface area contributed by atoms with Crippen molar-refractivity contribution in [3.05, 3.63) is 48.6 Å². The smallest absolute Gasteiger partial charge is 0.407 e. The molecule has 0 bridgehead atoms. The Morgan fingerprint density at radius 1 is 0.690 bits per heavy atom. The summed E-state index contributed by atoms with van der Waals surface area (Å²) < 4.78 is 13.5. The van der Waals surface area contributed by atoms with Crippen molar-refractivity contribution >= 4 is 56.6 Å². The zero-order valence-electron chi connectivity index (χ0n) is 33.0. The summed E-state index contributed by atoms with van der Waals surface area (Å²) in [4.78, 5) is 84.2. The van der Waals surface area contributed by atoms with Gasteiger partial charge in [-0.1, -0.05) is 50.4 Å². The highest BCUT2D eigenvalue weighted by Crippen LogP contribution is 2.38. The molecule has 18 nitrogen and oxygen atoms in total. The number of methoxy groups -OCH3 is 2. The van der Waals surface area contributed by atoms with Crippen molar-refractivity contribution in [3.8, 4) is 32.8 Å². The lowest BCUT2D eigenvalue weighted by Gasteiger charge is -2.30. The quantitative estimate of drug-likeness (QED) is 0.126. The van der Waals surface area contributed by atoms with E-state index in [-0.39, 0.29) is 35.7 Å². The molecule has 0 aliphatic carbocycles.